The Morgan fingerprint density at radius 3 is 2.72 bits per heavy atom. The molecule has 0 spiro atoms. The minimum atomic E-state index is 0.291. The van der Waals surface area contributed by atoms with Gasteiger partial charge in [0, 0.05) is 13.1 Å². The zero-order chi connectivity index (χ0) is 17.1. The van der Waals surface area contributed by atoms with E-state index in [-0.39, 0.29) is 0 Å². The molecule has 1 unspecified atom stereocenters. The molecule has 1 fully saturated rings. The molecule has 3 aromatic rings. The van der Waals surface area contributed by atoms with Gasteiger partial charge in [0.25, 0.3) is 5.89 Å². The first-order chi connectivity index (χ1) is 12.3. The molecular weight excluding hydrogens is 314 g/mol. The second-order valence-corrected chi connectivity index (χ2v) is 6.35. The molecule has 0 saturated carbocycles. The maximum Gasteiger partial charge on any atom is 0.251 e. The Morgan fingerprint density at radius 2 is 1.88 bits per heavy atom. The van der Waals surface area contributed by atoms with Crippen molar-refractivity contribution in [1.29, 1.82) is 0 Å². The van der Waals surface area contributed by atoms with Gasteiger partial charge in [-0.25, -0.2) is 0 Å². The molecule has 0 radical (unpaired) electrons. The molecule has 0 aliphatic carbocycles. The first-order valence-electron chi connectivity index (χ1n) is 8.56. The van der Waals surface area contributed by atoms with Crippen molar-refractivity contribution in [1.82, 2.24) is 15.1 Å². The van der Waals surface area contributed by atoms with Crippen LogP contribution in [-0.4, -0.2) is 35.3 Å². The lowest BCUT2D eigenvalue weighted by molar-refractivity contribution is 0.320. The molecule has 1 aliphatic heterocycles. The smallest absolute Gasteiger partial charge is 0.251 e. The lowest BCUT2D eigenvalue weighted by Gasteiger charge is -2.14. The van der Waals surface area contributed by atoms with Gasteiger partial charge in [-0.1, -0.05) is 42.5 Å². The number of hydrogen-bond donors (Lipinski definition) is 0. The number of aromatic nitrogens is 2. The average molecular weight is 335 g/mol. The van der Waals surface area contributed by atoms with Crippen molar-refractivity contribution in [3.8, 4) is 17.2 Å². The van der Waals surface area contributed by atoms with Gasteiger partial charge in [-0.05, 0) is 30.7 Å². The van der Waals surface area contributed by atoms with E-state index < -0.39 is 0 Å². The minimum absolute atomic E-state index is 0.291. The zero-order valence-electron chi connectivity index (χ0n) is 14.3. The Hall–Kier alpha value is -2.66. The lowest BCUT2D eigenvalue weighted by atomic mass is 10.1. The van der Waals surface area contributed by atoms with E-state index in [0.717, 1.165) is 43.3 Å². The quantitative estimate of drug-likeness (QED) is 0.711. The molecule has 1 aromatic heterocycles. The van der Waals surface area contributed by atoms with Crippen molar-refractivity contribution < 1.29 is 9.15 Å². The van der Waals surface area contributed by atoms with Crippen LogP contribution in [0.2, 0.25) is 0 Å². The molecule has 0 amide bonds. The third kappa shape index (κ3) is 3.42. The van der Waals surface area contributed by atoms with E-state index in [9.17, 15) is 0 Å². The maximum atomic E-state index is 5.97. The number of para-hydroxylation sites is 1. The monoisotopic (exact) mass is 335 g/mol. The Balaban J connectivity index is 1.46. The summed E-state index contributed by atoms with van der Waals surface area (Å²) in [7, 11) is 1.65. The third-order valence-electron chi connectivity index (χ3n) is 4.65. The summed E-state index contributed by atoms with van der Waals surface area (Å²) in [4.78, 5) is 2.44. The van der Waals surface area contributed by atoms with Crippen molar-refractivity contribution >= 4 is 0 Å². The molecule has 25 heavy (non-hydrogen) atoms. The molecule has 5 nitrogen and oxygen atoms in total. The fraction of sp³-hybridized carbons (Fsp3) is 0.300. The third-order valence-corrected chi connectivity index (χ3v) is 4.65. The molecule has 5 heteroatoms. The molecule has 2 aromatic carbocycles. The highest BCUT2D eigenvalue weighted by molar-refractivity contribution is 5.62. The summed E-state index contributed by atoms with van der Waals surface area (Å²) in [6.07, 6.45) is 1.04. The number of hydrogen-bond acceptors (Lipinski definition) is 5. The molecule has 0 bridgehead atoms. The second kappa shape index (κ2) is 7.07. The fourth-order valence-electron chi connectivity index (χ4n) is 3.35. The summed E-state index contributed by atoms with van der Waals surface area (Å²) in [5.41, 5.74) is 2.17. The Labute approximate surface area is 147 Å². The van der Waals surface area contributed by atoms with Crippen molar-refractivity contribution in [3.63, 3.8) is 0 Å². The van der Waals surface area contributed by atoms with E-state index in [1.54, 1.807) is 7.11 Å². The summed E-state index contributed by atoms with van der Waals surface area (Å²) in [5.74, 6) is 2.28. The van der Waals surface area contributed by atoms with Crippen LogP contribution in [0.5, 0.6) is 5.75 Å². The van der Waals surface area contributed by atoms with Crippen LogP contribution in [0.3, 0.4) is 0 Å². The van der Waals surface area contributed by atoms with E-state index >= 15 is 0 Å². The number of ether oxygens (including phenoxy) is 1. The number of benzene rings is 2. The summed E-state index contributed by atoms with van der Waals surface area (Å²) >= 11 is 0. The van der Waals surface area contributed by atoms with Crippen molar-refractivity contribution in [2.75, 3.05) is 20.2 Å². The first kappa shape index (κ1) is 15.8. The molecule has 4 rings (SSSR count). The van der Waals surface area contributed by atoms with E-state index in [2.05, 4.69) is 39.4 Å². The van der Waals surface area contributed by atoms with Gasteiger partial charge in [-0.15, -0.1) is 10.2 Å². The van der Waals surface area contributed by atoms with E-state index in [0.29, 0.717) is 11.8 Å². The highest BCUT2D eigenvalue weighted by Crippen LogP contribution is 2.32. The second-order valence-electron chi connectivity index (χ2n) is 6.35. The van der Waals surface area contributed by atoms with Crippen molar-refractivity contribution in [3.05, 3.63) is 66.1 Å². The van der Waals surface area contributed by atoms with Gasteiger partial charge < -0.3 is 9.15 Å². The number of methoxy groups -OCH3 is 1. The maximum absolute atomic E-state index is 5.97. The van der Waals surface area contributed by atoms with Gasteiger partial charge >= 0.3 is 0 Å². The zero-order valence-corrected chi connectivity index (χ0v) is 14.3. The van der Waals surface area contributed by atoms with Gasteiger partial charge in [0.1, 0.15) is 5.75 Å². The minimum Gasteiger partial charge on any atom is -0.496 e. The van der Waals surface area contributed by atoms with Crippen LogP contribution in [0.4, 0.5) is 0 Å². The molecule has 1 aliphatic rings. The predicted octanol–water partition coefficient (Wildman–Crippen LogP) is 3.73. The number of rotatable bonds is 5. The molecule has 0 N–H and O–H groups in total. The van der Waals surface area contributed by atoms with Crippen LogP contribution in [0.25, 0.3) is 11.5 Å². The van der Waals surface area contributed by atoms with Crippen LogP contribution in [-0.2, 0) is 6.54 Å². The fourth-order valence-corrected chi connectivity index (χ4v) is 3.35. The van der Waals surface area contributed by atoms with E-state index in [1.807, 2.05) is 30.3 Å². The van der Waals surface area contributed by atoms with Crippen LogP contribution in [0.15, 0.2) is 59.0 Å². The topological polar surface area (TPSA) is 51.4 Å². The standard InChI is InChI=1S/C20H21N3O2/c1-24-18-10-6-5-9-17(18)20-22-21-19(25-20)16-11-12-23(14-16)13-15-7-3-2-4-8-15/h2-10,16H,11-14H2,1H3. The normalized spacial score (nSPS) is 17.7. The first-order valence-corrected chi connectivity index (χ1v) is 8.56. The van der Waals surface area contributed by atoms with Crippen molar-refractivity contribution in [2.24, 2.45) is 0 Å². The predicted molar refractivity (Wildman–Crippen MR) is 95.4 cm³/mol. The van der Waals surface area contributed by atoms with E-state index in [1.165, 1.54) is 5.56 Å². The summed E-state index contributed by atoms with van der Waals surface area (Å²) in [6.45, 7) is 2.96. The van der Waals surface area contributed by atoms with E-state index in [4.69, 9.17) is 9.15 Å². The summed E-state index contributed by atoms with van der Waals surface area (Å²) in [6, 6.07) is 18.3. The van der Waals surface area contributed by atoms with Gasteiger partial charge in [-0.2, -0.15) is 0 Å². The van der Waals surface area contributed by atoms with Crippen LogP contribution in [0.1, 0.15) is 23.8 Å². The number of nitrogens with zero attached hydrogens (tertiary/aromatic N) is 3. The molecule has 128 valence electrons. The Bertz CT molecular complexity index is 832. The van der Waals surface area contributed by atoms with Gasteiger partial charge in [0.15, 0.2) is 0 Å². The van der Waals surface area contributed by atoms with Gasteiger partial charge in [-0.3, -0.25) is 4.90 Å². The summed E-state index contributed by atoms with van der Waals surface area (Å²) in [5, 5.41) is 8.53. The highest BCUT2D eigenvalue weighted by atomic mass is 16.5. The lowest BCUT2D eigenvalue weighted by Crippen LogP contribution is -2.19. The Kier molecular flexibility index (Phi) is 4.48. The Morgan fingerprint density at radius 1 is 1.08 bits per heavy atom. The number of likely N-dealkylation sites (tertiary alicyclic amines) is 1. The molecule has 2 heterocycles. The van der Waals surface area contributed by atoms with Crippen LogP contribution < -0.4 is 4.74 Å². The van der Waals surface area contributed by atoms with Crippen LogP contribution in [0, 0.1) is 0 Å². The molecular formula is C20H21N3O2. The molecule has 1 saturated heterocycles. The SMILES string of the molecule is COc1ccccc1-c1nnc(C2CCN(Cc3ccccc3)C2)o1. The molecule has 1 atom stereocenters. The van der Waals surface area contributed by atoms with Crippen molar-refractivity contribution in [2.45, 2.75) is 18.9 Å². The highest BCUT2D eigenvalue weighted by Gasteiger charge is 2.28. The van der Waals surface area contributed by atoms with Gasteiger partial charge in [0.05, 0.1) is 18.6 Å². The largest absolute Gasteiger partial charge is 0.496 e. The van der Waals surface area contributed by atoms with Crippen LogP contribution >= 0.6 is 0 Å². The van der Waals surface area contributed by atoms with Gasteiger partial charge in [0.2, 0.25) is 5.89 Å². The average Bonchev–Trinajstić information content (AvgIpc) is 3.32. The summed E-state index contributed by atoms with van der Waals surface area (Å²) < 4.78 is 11.3.